The van der Waals surface area contributed by atoms with E-state index < -0.39 is 10.1 Å². The molecule has 0 bridgehead atoms. The molecule has 0 aliphatic heterocycles. The van der Waals surface area contributed by atoms with Crippen molar-refractivity contribution < 1.29 is 17.4 Å². The van der Waals surface area contributed by atoms with Crippen molar-refractivity contribution in [1.82, 2.24) is 10.3 Å². The normalized spacial score (nSPS) is 23.9. The Kier molecular flexibility index (Phi) is 5.60. The van der Waals surface area contributed by atoms with Crippen LogP contribution in [0.5, 0.6) is 0 Å². The average molecular weight is 399 g/mol. The first-order valence-corrected chi connectivity index (χ1v) is 10.8. The van der Waals surface area contributed by atoms with E-state index in [1.165, 1.54) is 0 Å². The van der Waals surface area contributed by atoms with Crippen LogP contribution < -0.4 is 5.32 Å². The molecule has 1 saturated carbocycles. The number of nitrogens with one attached hydrogen (secondary N) is 2. The van der Waals surface area contributed by atoms with Crippen LogP contribution in [0, 0.1) is 11.8 Å². The van der Waals surface area contributed by atoms with E-state index in [9.17, 15) is 13.2 Å². The fourth-order valence-electron chi connectivity index (χ4n) is 3.57. The number of benzene rings is 1. The third-order valence-electron chi connectivity index (χ3n) is 4.94. The summed E-state index contributed by atoms with van der Waals surface area (Å²) in [6, 6.07) is 7.31. The van der Waals surface area contributed by atoms with Gasteiger partial charge in [-0.2, -0.15) is 8.42 Å². The van der Waals surface area contributed by atoms with Crippen molar-refractivity contribution >= 4 is 38.5 Å². The molecule has 1 amide bonds. The van der Waals surface area contributed by atoms with E-state index in [1.54, 1.807) is 12.1 Å². The van der Waals surface area contributed by atoms with E-state index in [-0.39, 0.29) is 30.4 Å². The van der Waals surface area contributed by atoms with Gasteiger partial charge < -0.3 is 10.3 Å². The highest BCUT2D eigenvalue weighted by molar-refractivity contribution is 7.85. The lowest BCUT2D eigenvalue weighted by Gasteiger charge is -2.34. The van der Waals surface area contributed by atoms with E-state index in [2.05, 4.69) is 17.2 Å². The number of hydrogen-bond donors (Lipinski definition) is 2. The number of carbonyl (C=O) groups excluding carboxylic acids is 1. The molecule has 3 atom stereocenters. The summed E-state index contributed by atoms with van der Waals surface area (Å²) in [6.45, 7) is 2.29. The summed E-state index contributed by atoms with van der Waals surface area (Å²) < 4.78 is 27.2. The van der Waals surface area contributed by atoms with Gasteiger partial charge >= 0.3 is 0 Å². The van der Waals surface area contributed by atoms with Crippen molar-refractivity contribution in [3.05, 3.63) is 35.0 Å². The maximum Gasteiger partial charge on any atom is 0.267 e. The molecule has 0 radical (unpaired) electrons. The second kappa shape index (κ2) is 7.58. The topological polar surface area (TPSA) is 88.3 Å². The average Bonchev–Trinajstić information content (AvgIpc) is 2.97. The number of rotatable bonds is 5. The Morgan fingerprint density at radius 2 is 2.12 bits per heavy atom. The molecule has 1 fully saturated rings. The molecule has 1 aliphatic carbocycles. The summed E-state index contributed by atoms with van der Waals surface area (Å²) in [5.41, 5.74) is 1.38. The van der Waals surface area contributed by atoms with E-state index in [0.29, 0.717) is 10.7 Å². The van der Waals surface area contributed by atoms with E-state index in [4.69, 9.17) is 15.8 Å². The summed E-state index contributed by atoms with van der Waals surface area (Å²) in [5, 5.41) is 4.62. The van der Waals surface area contributed by atoms with Gasteiger partial charge in [-0.25, -0.2) is 0 Å². The van der Waals surface area contributed by atoms with Crippen LogP contribution in [0.1, 0.15) is 36.7 Å². The molecular formula is C18H23ClN2O4S. The number of aromatic nitrogens is 1. The van der Waals surface area contributed by atoms with Crippen molar-refractivity contribution in [3.8, 4) is 0 Å². The van der Waals surface area contributed by atoms with Crippen LogP contribution >= 0.6 is 11.6 Å². The first-order valence-electron chi connectivity index (χ1n) is 8.65. The lowest BCUT2D eigenvalue weighted by Crippen LogP contribution is -2.43. The first-order chi connectivity index (χ1) is 12.2. The monoisotopic (exact) mass is 398 g/mol. The number of hydrogen-bond acceptors (Lipinski definition) is 4. The highest BCUT2D eigenvalue weighted by Crippen LogP contribution is 2.30. The van der Waals surface area contributed by atoms with Gasteiger partial charge in [0, 0.05) is 22.0 Å². The molecule has 26 heavy (non-hydrogen) atoms. The minimum atomic E-state index is -3.41. The molecule has 0 spiro atoms. The molecule has 2 N–H and O–H groups in total. The molecule has 6 nitrogen and oxygen atoms in total. The van der Waals surface area contributed by atoms with Gasteiger partial charge in [-0.15, -0.1) is 0 Å². The van der Waals surface area contributed by atoms with E-state index in [0.717, 1.165) is 36.4 Å². The van der Waals surface area contributed by atoms with Crippen molar-refractivity contribution in [2.45, 2.75) is 32.2 Å². The number of amides is 1. The number of aromatic amines is 1. The standard InChI is InChI=1S/C18H23ClN2O4S/c1-11-7-12(10-25-26(2,23)24)3-5-15(11)21-18(22)17-9-13-8-14(19)4-6-16(13)20-17/h4,6,8-9,11-12,15,20H,3,5,7,10H2,1-2H3,(H,21,22)/t11-,12+,15+/m1/s1. The van der Waals surface area contributed by atoms with E-state index >= 15 is 0 Å². The molecule has 1 aromatic carbocycles. The molecule has 3 rings (SSSR count). The quantitative estimate of drug-likeness (QED) is 0.756. The fourth-order valence-corrected chi connectivity index (χ4v) is 4.19. The molecule has 142 valence electrons. The zero-order valence-electron chi connectivity index (χ0n) is 14.8. The van der Waals surface area contributed by atoms with Gasteiger partial charge in [-0.05, 0) is 55.4 Å². The van der Waals surface area contributed by atoms with Crippen molar-refractivity contribution in [3.63, 3.8) is 0 Å². The van der Waals surface area contributed by atoms with Gasteiger partial charge in [0.05, 0.1) is 12.9 Å². The summed E-state index contributed by atoms with van der Waals surface area (Å²) in [4.78, 5) is 15.7. The van der Waals surface area contributed by atoms with Gasteiger partial charge in [-0.3, -0.25) is 8.98 Å². The second-order valence-electron chi connectivity index (χ2n) is 7.14. The third kappa shape index (κ3) is 4.78. The summed E-state index contributed by atoms with van der Waals surface area (Å²) in [5.74, 6) is 0.308. The molecule has 8 heteroatoms. The zero-order valence-corrected chi connectivity index (χ0v) is 16.4. The largest absolute Gasteiger partial charge is 0.351 e. The van der Waals surface area contributed by atoms with Crippen LogP contribution in [-0.2, 0) is 14.3 Å². The number of carbonyl (C=O) groups is 1. The van der Waals surface area contributed by atoms with E-state index in [1.807, 2.05) is 12.1 Å². The Balaban J connectivity index is 1.59. The first kappa shape index (κ1) is 19.2. The summed E-state index contributed by atoms with van der Waals surface area (Å²) in [7, 11) is -3.41. The van der Waals surface area contributed by atoms with Gasteiger partial charge in [0.1, 0.15) is 5.69 Å². The van der Waals surface area contributed by atoms with Crippen molar-refractivity contribution in [2.24, 2.45) is 11.8 Å². The molecule has 1 aliphatic rings. The van der Waals surface area contributed by atoms with Crippen LogP contribution in [0.25, 0.3) is 10.9 Å². The summed E-state index contributed by atoms with van der Waals surface area (Å²) >= 11 is 5.99. The third-order valence-corrected chi connectivity index (χ3v) is 5.74. The Morgan fingerprint density at radius 3 is 2.81 bits per heavy atom. The minimum absolute atomic E-state index is 0.0620. The Bertz CT molecular complexity index is 909. The predicted octanol–water partition coefficient (Wildman–Crippen LogP) is 3.33. The Morgan fingerprint density at radius 1 is 1.35 bits per heavy atom. The molecular weight excluding hydrogens is 376 g/mol. The molecule has 1 heterocycles. The van der Waals surface area contributed by atoms with Gasteiger partial charge in [0.25, 0.3) is 16.0 Å². The van der Waals surface area contributed by atoms with Gasteiger partial charge in [-0.1, -0.05) is 18.5 Å². The van der Waals surface area contributed by atoms with Crippen molar-refractivity contribution in [2.75, 3.05) is 12.9 Å². The van der Waals surface area contributed by atoms with Crippen LogP contribution in [0.4, 0.5) is 0 Å². The molecule has 0 saturated heterocycles. The maximum absolute atomic E-state index is 12.6. The Hall–Kier alpha value is -1.57. The number of fused-ring (bicyclic) bond motifs is 1. The Labute approximate surface area is 158 Å². The maximum atomic E-state index is 12.6. The summed E-state index contributed by atoms with van der Waals surface area (Å²) in [6.07, 6.45) is 3.52. The molecule has 0 unspecified atom stereocenters. The molecule has 1 aromatic heterocycles. The fraction of sp³-hybridized carbons (Fsp3) is 0.500. The van der Waals surface area contributed by atoms with Crippen LogP contribution in [0.2, 0.25) is 5.02 Å². The number of halogens is 1. The highest BCUT2D eigenvalue weighted by Gasteiger charge is 2.29. The number of H-pyrrole nitrogens is 1. The van der Waals surface area contributed by atoms with Crippen molar-refractivity contribution in [1.29, 1.82) is 0 Å². The van der Waals surface area contributed by atoms with Crippen LogP contribution in [0.15, 0.2) is 24.3 Å². The lowest BCUT2D eigenvalue weighted by atomic mass is 9.79. The van der Waals surface area contributed by atoms with Gasteiger partial charge in [0.15, 0.2) is 0 Å². The highest BCUT2D eigenvalue weighted by atomic mass is 35.5. The second-order valence-corrected chi connectivity index (χ2v) is 9.22. The SMILES string of the molecule is C[C@@H]1C[C@@H](COS(C)(=O)=O)CC[C@@H]1NC(=O)c1cc2cc(Cl)ccc2[nH]1. The van der Waals surface area contributed by atoms with Crippen LogP contribution in [0.3, 0.4) is 0 Å². The lowest BCUT2D eigenvalue weighted by molar-refractivity contribution is 0.0879. The predicted molar refractivity (Wildman–Crippen MR) is 102 cm³/mol. The molecule has 2 aromatic rings. The van der Waals surface area contributed by atoms with Gasteiger partial charge in [0.2, 0.25) is 0 Å². The minimum Gasteiger partial charge on any atom is -0.351 e. The van der Waals surface area contributed by atoms with Crippen LogP contribution in [-0.4, -0.2) is 38.2 Å². The zero-order chi connectivity index (χ0) is 18.9. The smallest absolute Gasteiger partial charge is 0.267 e.